The van der Waals surface area contributed by atoms with E-state index in [1.165, 1.54) is 0 Å². The van der Waals surface area contributed by atoms with E-state index in [1.807, 2.05) is 0 Å². The fraction of sp³-hybridized carbons (Fsp3) is 0.800. The van der Waals surface area contributed by atoms with Gasteiger partial charge in [0.15, 0.2) is 0 Å². The van der Waals surface area contributed by atoms with Gasteiger partial charge >= 0.3 is 0 Å². The molecule has 0 radical (unpaired) electrons. The number of nitrogens with one attached hydrogen (secondary N) is 1. The summed E-state index contributed by atoms with van der Waals surface area (Å²) < 4.78 is 0. The number of primary amides is 1. The lowest BCUT2D eigenvalue weighted by atomic mass is 9.74. The highest BCUT2D eigenvalue weighted by Crippen LogP contribution is 2.34. The number of rotatable bonds is 5. The van der Waals surface area contributed by atoms with E-state index in [0.29, 0.717) is 6.42 Å². The van der Waals surface area contributed by atoms with Gasteiger partial charge in [-0.1, -0.05) is 0 Å². The number of carbonyl (C=O) groups excluding carboxylic acids is 2. The molecule has 5 nitrogen and oxygen atoms in total. The largest absolute Gasteiger partial charge is 0.370 e. The summed E-state index contributed by atoms with van der Waals surface area (Å²) in [5, 5.41) is 2.87. The molecule has 1 atom stereocenters. The van der Waals surface area contributed by atoms with Crippen molar-refractivity contribution in [1.29, 1.82) is 0 Å². The summed E-state index contributed by atoms with van der Waals surface area (Å²) in [5.41, 5.74) is 10.3. The molecule has 0 aliphatic heterocycles. The van der Waals surface area contributed by atoms with E-state index in [9.17, 15) is 9.59 Å². The molecule has 5 N–H and O–H groups in total. The van der Waals surface area contributed by atoms with Gasteiger partial charge in [0.2, 0.25) is 11.8 Å². The van der Waals surface area contributed by atoms with E-state index in [4.69, 9.17) is 11.5 Å². The van der Waals surface area contributed by atoms with Crippen LogP contribution in [0.25, 0.3) is 0 Å². The standard InChI is InChI=1S/C10H19N3O2.ClH/c1-7(11)5-9(15)13-10(3-2-4-10)6-8(12)14;/h7H,2-6,11H2,1H3,(H2,12,14)(H,13,15);1H. The van der Waals surface area contributed by atoms with Crippen LogP contribution in [0.15, 0.2) is 0 Å². The fourth-order valence-corrected chi connectivity index (χ4v) is 1.92. The van der Waals surface area contributed by atoms with Gasteiger partial charge in [-0.3, -0.25) is 9.59 Å². The molecule has 1 saturated carbocycles. The average molecular weight is 250 g/mol. The molecule has 0 spiro atoms. The van der Waals surface area contributed by atoms with Crippen molar-refractivity contribution in [1.82, 2.24) is 5.32 Å². The van der Waals surface area contributed by atoms with Crippen LogP contribution >= 0.6 is 12.4 Å². The molecule has 1 fully saturated rings. The molecule has 0 heterocycles. The molecule has 0 bridgehead atoms. The first-order valence-electron chi connectivity index (χ1n) is 5.28. The lowest BCUT2D eigenvalue weighted by molar-refractivity contribution is -0.126. The second-order valence-corrected chi connectivity index (χ2v) is 4.51. The van der Waals surface area contributed by atoms with Crippen molar-refractivity contribution in [2.45, 2.75) is 50.6 Å². The molecular formula is C10H20ClN3O2. The third-order valence-corrected chi connectivity index (χ3v) is 2.74. The van der Waals surface area contributed by atoms with Crippen LogP contribution in [0.3, 0.4) is 0 Å². The van der Waals surface area contributed by atoms with E-state index in [0.717, 1.165) is 19.3 Å². The first kappa shape index (κ1) is 15.2. The second kappa shape index (κ2) is 6.06. The number of hydrogen-bond donors (Lipinski definition) is 3. The molecular weight excluding hydrogens is 230 g/mol. The Bertz CT molecular complexity index is 265. The van der Waals surface area contributed by atoms with Gasteiger partial charge < -0.3 is 16.8 Å². The first-order chi connectivity index (χ1) is 6.93. The maximum Gasteiger partial charge on any atom is 0.221 e. The maximum absolute atomic E-state index is 11.5. The topological polar surface area (TPSA) is 98.2 Å². The van der Waals surface area contributed by atoms with Crippen molar-refractivity contribution >= 4 is 24.2 Å². The Balaban J connectivity index is 0.00000225. The number of nitrogens with two attached hydrogens (primary N) is 2. The van der Waals surface area contributed by atoms with Crippen molar-refractivity contribution in [3.05, 3.63) is 0 Å². The zero-order valence-corrected chi connectivity index (χ0v) is 10.3. The minimum absolute atomic E-state index is 0. The summed E-state index contributed by atoms with van der Waals surface area (Å²) in [5.74, 6) is -0.457. The van der Waals surface area contributed by atoms with Crippen LogP contribution in [-0.4, -0.2) is 23.4 Å². The molecule has 2 amide bonds. The summed E-state index contributed by atoms with van der Waals surface area (Å²) in [6, 6.07) is -0.157. The third kappa shape index (κ3) is 4.37. The molecule has 16 heavy (non-hydrogen) atoms. The van der Waals surface area contributed by atoms with Crippen LogP contribution in [0.4, 0.5) is 0 Å². The predicted molar refractivity (Wildman–Crippen MR) is 64.1 cm³/mol. The lowest BCUT2D eigenvalue weighted by Crippen LogP contribution is -2.55. The van der Waals surface area contributed by atoms with Crippen molar-refractivity contribution in [2.24, 2.45) is 11.5 Å². The zero-order valence-electron chi connectivity index (χ0n) is 9.49. The van der Waals surface area contributed by atoms with Gasteiger partial charge in [-0.05, 0) is 26.2 Å². The van der Waals surface area contributed by atoms with Gasteiger partial charge in [0.1, 0.15) is 0 Å². The highest BCUT2D eigenvalue weighted by molar-refractivity contribution is 5.85. The number of amides is 2. The van der Waals surface area contributed by atoms with Crippen molar-refractivity contribution in [3.63, 3.8) is 0 Å². The molecule has 0 saturated heterocycles. The normalized spacial score (nSPS) is 18.9. The van der Waals surface area contributed by atoms with Gasteiger partial charge in [0.05, 0.1) is 0 Å². The highest BCUT2D eigenvalue weighted by Gasteiger charge is 2.39. The van der Waals surface area contributed by atoms with E-state index < -0.39 is 0 Å². The van der Waals surface area contributed by atoms with Crippen molar-refractivity contribution in [2.75, 3.05) is 0 Å². The monoisotopic (exact) mass is 249 g/mol. The molecule has 1 aliphatic rings. The average Bonchev–Trinajstić information content (AvgIpc) is 1.97. The van der Waals surface area contributed by atoms with Crippen LogP contribution in [0.2, 0.25) is 0 Å². The summed E-state index contributed by atoms with van der Waals surface area (Å²) in [6.07, 6.45) is 3.23. The minimum Gasteiger partial charge on any atom is -0.370 e. The molecule has 1 aliphatic carbocycles. The van der Waals surface area contributed by atoms with E-state index in [2.05, 4.69) is 5.32 Å². The fourth-order valence-electron chi connectivity index (χ4n) is 1.92. The predicted octanol–water partition coefficient (Wildman–Crippen LogP) is 0.0598. The van der Waals surface area contributed by atoms with Crippen LogP contribution in [0.1, 0.15) is 39.0 Å². The molecule has 0 aromatic carbocycles. The van der Waals surface area contributed by atoms with E-state index >= 15 is 0 Å². The number of halogens is 1. The van der Waals surface area contributed by atoms with Gasteiger partial charge in [0, 0.05) is 24.4 Å². The molecule has 0 aromatic rings. The Labute approximate surface area is 102 Å². The second-order valence-electron chi connectivity index (χ2n) is 4.51. The van der Waals surface area contributed by atoms with Gasteiger partial charge in [0.25, 0.3) is 0 Å². The molecule has 94 valence electrons. The first-order valence-corrected chi connectivity index (χ1v) is 5.28. The smallest absolute Gasteiger partial charge is 0.221 e. The van der Waals surface area contributed by atoms with Crippen LogP contribution in [-0.2, 0) is 9.59 Å². The van der Waals surface area contributed by atoms with Crippen LogP contribution in [0.5, 0.6) is 0 Å². The molecule has 1 unspecified atom stereocenters. The quantitative estimate of drug-likeness (QED) is 0.643. The Morgan fingerprint density at radius 2 is 2.00 bits per heavy atom. The molecule has 1 rings (SSSR count). The maximum atomic E-state index is 11.5. The number of hydrogen-bond acceptors (Lipinski definition) is 3. The summed E-state index contributed by atoms with van der Waals surface area (Å²) >= 11 is 0. The summed E-state index contributed by atoms with van der Waals surface area (Å²) in [6.45, 7) is 1.78. The Morgan fingerprint density at radius 1 is 1.44 bits per heavy atom. The lowest BCUT2D eigenvalue weighted by Gasteiger charge is -2.42. The van der Waals surface area contributed by atoms with Gasteiger partial charge in [-0.15, -0.1) is 12.4 Å². The Morgan fingerprint density at radius 3 is 2.31 bits per heavy atom. The SMILES string of the molecule is CC(N)CC(=O)NC1(CC(N)=O)CCC1.Cl. The zero-order chi connectivity index (χ0) is 11.5. The molecule has 0 aromatic heterocycles. The highest BCUT2D eigenvalue weighted by atomic mass is 35.5. The summed E-state index contributed by atoms with van der Waals surface area (Å²) in [4.78, 5) is 22.4. The summed E-state index contributed by atoms with van der Waals surface area (Å²) in [7, 11) is 0. The van der Waals surface area contributed by atoms with Crippen LogP contribution in [0, 0.1) is 0 Å². The minimum atomic E-state index is -0.377. The van der Waals surface area contributed by atoms with Crippen molar-refractivity contribution < 1.29 is 9.59 Å². The van der Waals surface area contributed by atoms with Crippen molar-refractivity contribution in [3.8, 4) is 0 Å². The van der Waals surface area contributed by atoms with E-state index in [-0.39, 0.29) is 42.2 Å². The Kier molecular flexibility index (Phi) is 5.75. The van der Waals surface area contributed by atoms with Gasteiger partial charge in [-0.25, -0.2) is 0 Å². The number of carbonyl (C=O) groups is 2. The Hall–Kier alpha value is -0.810. The molecule has 6 heteroatoms. The van der Waals surface area contributed by atoms with Gasteiger partial charge in [-0.2, -0.15) is 0 Å². The third-order valence-electron chi connectivity index (χ3n) is 2.74. The van der Waals surface area contributed by atoms with E-state index in [1.54, 1.807) is 6.92 Å². The van der Waals surface area contributed by atoms with Crippen LogP contribution < -0.4 is 16.8 Å².